The Labute approximate surface area is 168 Å². The predicted molar refractivity (Wildman–Crippen MR) is 109 cm³/mol. The molecule has 1 saturated carbocycles. The number of nitrogens with one attached hydrogen (secondary N) is 2. The third kappa shape index (κ3) is 4.63. The van der Waals surface area contributed by atoms with Gasteiger partial charge in [-0.3, -0.25) is 9.59 Å². The molecule has 0 radical (unpaired) electrons. The third-order valence-corrected chi connectivity index (χ3v) is 4.79. The number of hydrogen-bond acceptors (Lipinski definition) is 4. The second kappa shape index (κ2) is 8.18. The van der Waals surface area contributed by atoms with Gasteiger partial charge < -0.3 is 15.4 Å². The van der Waals surface area contributed by atoms with Crippen LogP contribution in [0.1, 0.15) is 28.8 Å². The summed E-state index contributed by atoms with van der Waals surface area (Å²) >= 11 is 0. The number of rotatable bonds is 7. The van der Waals surface area contributed by atoms with Gasteiger partial charge in [-0.05, 0) is 61.4 Å². The maximum Gasteiger partial charge on any atom is 0.255 e. The fourth-order valence-corrected chi connectivity index (χ4v) is 2.91. The molecule has 2 amide bonds. The lowest BCUT2D eigenvalue weighted by Crippen LogP contribution is -2.23. The number of nitrogens with zero attached hydrogens (tertiary/aromatic N) is 2. The van der Waals surface area contributed by atoms with Crippen LogP contribution in [0.5, 0.6) is 5.75 Å². The molecule has 1 heterocycles. The molecule has 1 fully saturated rings. The van der Waals surface area contributed by atoms with Gasteiger partial charge in [-0.1, -0.05) is 0 Å². The Morgan fingerprint density at radius 2 is 1.83 bits per heavy atom. The normalized spacial score (nSPS) is 13.0. The van der Waals surface area contributed by atoms with Gasteiger partial charge in [0.2, 0.25) is 5.91 Å². The van der Waals surface area contributed by atoms with E-state index in [9.17, 15) is 9.59 Å². The monoisotopic (exact) mass is 390 g/mol. The molecule has 1 aliphatic rings. The van der Waals surface area contributed by atoms with E-state index in [2.05, 4.69) is 15.7 Å². The minimum Gasteiger partial charge on any atom is -0.497 e. The summed E-state index contributed by atoms with van der Waals surface area (Å²) in [6, 6.07) is 14.3. The van der Waals surface area contributed by atoms with Gasteiger partial charge in [-0.25, -0.2) is 4.68 Å². The second-order valence-corrected chi connectivity index (χ2v) is 7.01. The van der Waals surface area contributed by atoms with Crippen LogP contribution in [0.3, 0.4) is 0 Å². The second-order valence-electron chi connectivity index (χ2n) is 7.01. The number of benzene rings is 2. The van der Waals surface area contributed by atoms with E-state index in [4.69, 9.17) is 4.74 Å². The number of anilines is 1. The van der Waals surface area contributed by atoms with Crippen LogP contribution in [0, 0.1) is 5.92 Å². The maximum atomic E-state index is 12.4. The number of carbonyl (C=O) groups is 2. The number of carbonyl (C=O) groups excluding carboxylic acids is 2. The smallest absolute Gasteiger partial charge is 0.255 e. The highest BCUT2D eigenvalue weighted by Gasteiger charge is 2.29. The van der Waals surface area contributed by atoms with Crippen molar-refractivity contribution in [3.8, 4) is 11.4 Å². The molecule has 0 spiro atoms. The van der Waals surface area contributed by atoms with Crippen LogP contribution in [0.2, 0.25) is 0 Å². The zero-order valence-corrected chi connectivity index (χ0v) is 16.1. The topological polar surface area (TPSA) is 85.2 Å². The van der Waals surface area contributed by atoms with Crippen molar-refractivity contribution in [2.75, 3.05) is 12.4 Å². The first-order valence-corrected chi connectivity index (χ1v) is 9.49. The van der Waals surface area contributed by atoms with Crippen LogP contribution in [-0.4, -0.2) is 28.7 Å². The summed E-state index contributed by atoms with van der Waals surface area (Å²) in [5, 5.41) is 10.1. The maximum absolute atomic E-state index is 12.4. The molecule has 29 heavy (non-hydrogen) atoms. The molecule has 7 nitrogen and oxygen atoms in total. The van der Waals surface area contributed by atoms with Crippen LogP contribution >= 0.6 is 0 Å². The zero-order valence-electron chi connectivity index (χ0n) is 16.1. The van der Waals surface area contributed by atoms with Crippen LogP contribution in [0.15, 0.2) is 60.9 Å². The molecule has 0 saturated heterocycles. The standard InChI is InChI=1S/C22H22N4O3/c1-29-20-10-6-18(7-11-20)25-22(28)17-4-8-19(9-5-17)26-14-15(13-24-26)12-23-21(27)16-2-3-16/h4-11,13-14,16H,2-3,12H2,1H3,(H,23,27)(H,25,28). The van der Waals surface area contributed by atoms with E-state index >= 15 is 0 Å². The fraction of sp³-hybridized carbons (Fsp3) is 0.227. The van der Waals surface area contributed by atoms with Crippen LogP contribution in [-0.2, 0) is 11.3 Å². The summed E-state index contributed by atoms with van der Waals surface area (Å²) in [7, 11) is 1.60. The molecule has 2 aromatic carbocycles. The molecule has 1 aliphatic carbocycles. The van der Waals surface area contributed by atoms with E-state index in [1.54, 1.807) is 54.4 Å². The number of aromatic nitrogens is 2. The first-order chi connectivity index (χ1) is 14.1. The van der Waals surface area contributed by atoms with Crippen molar-refractivity contribution < 1.29 is 14.3 Å². The number of ether oxygens (including phenoxy) is 1. The molecule has 0 atom stereocenters. The van der Waals surface area contributed by atoms with Crippen LogP contribution < -0.4 is 15.4 Å². The Bertz CT molecular complexity index is 1010. The van der Waals surface area contributed by atoms with Crippen molar-refractivity contribution in [2.24, 2.45) is 5.92 Å². The van der Waals surface area contributed by atoms with Gasteiger partial charge in [0.05, 0.1) is 19.0 Å². The molecule has 7 heteroatoms. The Morgan fingerprint density at radius 1 is 1.10 bits per heavy atom. The Kier molecular flexibility index (Phi) is 5.29. The van der Waals surface area contributed by atoms with E-state index in [0.717, 1.165) is 29.8 Å². The van der Waals surface area contributed by atoms with Gasteiger partial charge >= 0.3 is 0 Å². The molecule has 0 aliphatic heterocycles. The predicted octanol–water partition coefficient (Wildman–Crippen LogP) is 3.16. The van der Waals surface area contributed by atoms with Crippen LogP contribution in [0.4, 0.5) is 5.69 Å². The van der Waals surface area contributed by atoms with Crippen molar-refractivity contribution in [2.45, 2.75) is 19.4 Å². The summed E-state index contributed by atoms with van der Waals surface area (Å²) < 4.78 is 6.84. The molecular weight excluding hydrogens is 368 g/mol. The molecular formula is C22H22N4O3. The molecule has 148 valence electrons. The van der Waals surface area contributed by atoms with E-state index in [0.29, 0.717) is 17.8 Å². The first kappa shape index (κ1) is 18.7. The van der Waals surface area contributed by atoms with Gasteiger partial charge in [0.15, 0.2) is 0 Å². The minimum absolute atomic E-state index is 0.116. The number of methoxy groups -OCH3 is 1. The van der Waals surface area contributed by atoms with Crippen molar-refractivity contribution in [3.63, 3.8) is 0 Å². The van der Waals surface area contributed by atoms with E-state index in [1.165, 1.54) is 0 Å². The van der Waals surface area contributed by atoms with Crippen molar-refractivity contribution >= 4 is 17.5 Å². The summed E-state index contributed by atoms with van der Waals surface area (Å²) in [5.74, 6) is 0.857. The quantitative estimate of drug-likeness (QED) is 0.649. The largest absolute Gasteiger partial charge is 0.497 e. The Morgan fingerprint density at radius 3 is 2.48 bits per heavy atom. The number of hydrogen-bond donors (Lipinski definition) is 2. The molecule has 0 bridgehead atoms. The van der Waals surface area contributed by atoms with Crippen LogP contribution in [0.25, 0.3) is 5.69 Å². The zero-order chi connectivity index (χ0) is 20.2. The molecule has 1 aromatic heterocycles. The summed E-state index contributed by atoms with van der Waals surface area (Å²) in [5.41, 5.74) is 3.02. The molecule has 0 unspecified atom stereocenters. The Hall–Kier alpha value is -3.61. The molecule has 3 aromatic rings. The highest BCUT2D eigenvalue weighted by Crippen LogP contribution is 2.28. The molecule has 2 N–H and O–H groups in total. The van der Waals surface area contributed by atoms with E-state index < -0.39 is 0 Å². The average molecular weight is 390 g/mol. The van der Waals surface area contributed by atoms with Gasteiger partial charge in [0, 0.05) is 35.5 Å². The SMILES string of the molecule is COc1ccc(NC(=O)c2ccc(-n3cc(CNC(=O)C4CC4)cn3)cc2)cc1. The van der Waals surface area contributed by atoms with E-state index in [1.807, 2.05) is 18.3 Å². The fourth-order valence-electron chi connectivity index (χ4n) is 2.91. The van der Waals surface area contributed by atoms with Gasteiger partial charge in [0.1, 0.15) is 5.75 Å². The molecule has 4 rings (SSSR count). The minimum atomic E-state index is -0.189. The van der Waals surface area contributed by atoms with Gasteiger partial charge in [-0.15, -0.1) is 0 Å². The van der Waals surface area contributed by atoms with Crippen molar-refractivity contribution in [3.05, 3.63) is 72.1 Å². The van der Waals surface area contributed by atoms with Gasteiger partial charge in [-0.2, -0.15) is 5.10 Å². The third-order valence-electron chi connectivity index (χ3n) is 4.79. The van der Waals surface area contributed by atoms with Crippen molar-refractivity contribution in [1.29, 1.82) is 0 Å². The lowest BCUT2D eigenvalue weighted by atomic mass is 10.2. The number of amides is 2. The van der Waals surface area contributed by atoms with Gasteiger partial charge in [0.25, 0.3) is 5.91 Å². The van der Waals surface area contributed by atoms with Crippen molar-refractivity contribution in [1.82, 2.24) is 15.1 Å². The highest BCUT2D eigenvalue weighted by molar-refractivity contribution is 6.04. The summed E-state index contributed by atoms with van der Waals surface area (Å²) in [6.45, 7) is 0.470. The summed E-state index contributed by atoms with van der Waals surface area (Å²) in [6.07, 6.45) is 5.59. The first-order valence-electron chi connectivity index (χ1n) is 9.49. The highest BCUT2D eigenvalue weighted by atomic mass is 16.5. The van der Waals surface area contributed by atoms with E-state index in [-0.39, 0.29) is 17.7 Å². The average Bonchev–Trinajstić information content (AvgIpc) is 3.50. The lowest BCUT2D eigenvalue weighted by Gasteiger charge is -2.07. The Balaban J connectivity index is 1.36. The summed E-state index contributed by atoms with van der Waals surface area (Å²) in [4.78, 5) is 24.2. The lowest BCUT2D eigenvalue weighted by molar-refractivity contribution is -0.122.